The smallest absolute Gasteiger partial charge is 0.267 e. The molecular weight excluding hydrogens is 402 g/mol. The summed E-state index contributed by atoms with van der Waals surface area (Å²) in [7, 11) is 0. The monoisotopic (exact) mass is 417 g/mol. The first kappa shape index (κ1) is 18.7. The number of benzene rings is 1. The number of nitrogens with zero attached hydrogens (tertiary/aromatic N) is 4. The largest absolute Gasteiger partial charge is 0.371 e. The predicted molar refractivity (Wildman–Crippen MR) is 105 cm³/mol. The molecule has 0 saturated carbocycles. The maximum atomic E-state index is 12.3. The van der Waals surface area contributed by atoms with Crippen LogP contribution in [0, 0.1) is 0 Å². The van der Waals surface area contributed by atoms with Gasteiger partial charge in [0.25, 0.3) is 5.56 Å². The van der Waals surface area contributed by atoms with Crippen molar-refractivity contribution in [1.29, 1.82) is 0 Å². The summed E-state index contributed by atoms with van der Waals surface area (Å²) >= 11 is 7.17. The van der Waals surface area contributed by atoms with Crippen LogP contribution in [0.4, 0.5) is 5.13 Å². The topological polar surface area (TPSA) is 99.0 Å². The van der Waals surface area contributed by atoms with E-state index < -0.39 is 5.91 Å². The maximum Gasteiger partial charge on any atom is 0.267 e. The first-order chi connectivity index (χ1) is 13.6. The molecule has 1 aliphatic rings. The number of rotatable bonds is 5. The van der Waals surface area contributed by atoms with Crippen molar-refractivity contribution in [3.63, 3.8) is 0 Å². The molecule has 1 fully saturated rings. The molecule has 3 aromatic rings. The minimum atomic E-state index is -0.405. The molecule has 10 heteroatoms. The van der Waals surface area contributed by atoms with Gasteiger partial charge in [0.15, 0.2) is 0 Å². The average Bonchev–Trinajstić information content (AvgIpc) is 3.36. The first-order valence-corrected chi connectivity index (χ1v) is 9.87. The Bertz CT molecular complexity index is 1040. The zero-order valence-electron chi connectivity index (χ0n) is 14.7. The summed E-state index contributed by atoms with van der Waals surface area (Å²) in [5.74, 6) is -0.405. The number of carbonyl (C=O) groups excluding carboxylic acids is 1. The predicted octanol–water partition coefficient (Wildman–Crippen LogP) is 2.91. The van der Waals surface area contributed by atoms with Gasteiger partial charge in [-0.05, 0) is 31.0 Å². The van der Waals surface area contributed by atoms with Gasteiger partial charge in [0.2, 0.25) is 11.0 Å². The Morgan fingerprint density at radius 1 is 1.25 bits per heavy atom. The standard InChI is InChI=1S/C18H16ClN5O3S/c19-12-5-3-11(4-6-12)13-7-8-16(26)24(23-13)10-15(25)20-18-22-21-17(28-18)14-2-1-9-27-14/h3-8,14H,1-2,9-10H2,(H,20,22,25)/t14-/m1/s1. The van der Waals surface area contributed by atoms with E-state index in [0.717, 1.165) is 28.1 Å². The zero-order chi connectivity index (χ0) is 19.5. The van der Waals surface area contributed by atoms with Gasteiger partial charge in [-0.1, -0.05) is 35.1 Å². The summed E-state index contributed by atoms with van der Waals surface area (Å²) in [5, 5.41) is 16.7. The fraction of sp³-hybridized carbons (Fsp3) is 0.278. The minimum absolute atomic E-state index is 0.0523. The summed E-state index contributed by atoms with van der Waals surface area (Å²) in [5.41, 5.74) is 0.995. The summed E-state index contributed by atoms with van der Waals surface area (Å²) in [4.78, 5) is 24.4. The van der Waals surface area contributed by atoms with Gasteiger partial charge < -0.3 is 4.74 Å². The van der Waals surface area contributed by atoms with Crippen molar-refractivity contribution in [2.45, 2.75) is 25.5 Å². The molecule has 28 heavy (non-hydrogen) atoms. The summed E-state index contributed by atoms with van der Waals surface area (Å²) in [6.07, 6.45) is 1.84. The summed E-state index contributed by atoms with van der Waals surface area (Å²) in [6, 6.07) is 10.1. The van der Waals surface area contributed by atoms with E-state index in [2.05, 4.69) is 20.6 Å². The lowest BCUT2D eigenvalue weighted by Crippen LogP contribution is -2.29. The second-order valence-corrected chi connectivity index (χ2v) is 7.66. The van der Waals surface area contributed by atoms with E-state index in [1.807, 2.05) is 0 Å². The van der Waals surface area contributed by atoms with Gasteiger partial charge in [0.05, 0.1) is 5.69 Å². The first-order valence-electron chi connectivity index (χ1n) is 8.67. The zero-order valence-corrected chi connectivity index (χ0v) is 16.2. The van der Waals surface area contributed by atoms with Crippen LogP contribution in [0.5, 0.6) is 0 Å². The third-order valence-electron chi connectivity index (χ3n) is 4.19. The molecule has 1 atom stereocenters. The van der Waals surface area contributed by atoms with Crippen LogP contribution >= 0.6 is 22.9 Å². The third kappa shape index (κ3) is 4.27. The van der Waals surface area contributed by atoms with Crippen molar-refractivity contribution < 1.29 is 9.53 Å². The highest BCUT2D eigenvalue weighted by atomic mass is 35.5. The Balaban J connectivity index is 1.46. The number of anilines is 1. The molecule has 1 aliphatic heterocycles. The van der Waals surface area contributed by atoms with Crippen LogP contribution in [0.3, 0.4) is 0 Å². The molecule has 0 radical (unpaired) electrons. The maximum absolute atomic E-state index is 12.3. The van der Waals surface area contributed by atoms with Crippen molar-refractivity contribution in [2.24, 2.45) is 0 Å². The van der Waals surface area contributed by atoms with E-state index in [-0.39, 0.29) is 18.2 Å². The number of hydrogen-bond donors (Lipinski definition) is 1. The lowest BCUT2D eigenvalue weighted by atomic mass is 10.1. The van der Waals surface area contributed by atoms with E-state index in [1.165, 1.54) is 17.4 Å². The number of amides is 1. The van der Waals surface area contributed by atoms with Crippen molar-refractivity contribution in [1.82, 2.24) is 20.0 Å². The molecule has 8 nitrogen and oxygen atoms in total. The lowest BCUT2D eigenvalue weighted by molar-refractivity contribution is -0.117. The van der Waals surface area contributed by atoms with E-state index in [4.69, 9.17) is 16.3 Å². The van der Waals surface area contributed by atoms with E-state index in [0.29, 0.717) is 22.5 Å². The Kier molecular flexibility index (Phi) is 5.47. The molecule has 3 heterocycles. The third-order valence-corrected chi connectivity index (χ3v) is 5.37. The second kappa shape index (κ2) is 8.17. The van der Waals surface area contributed by atoms with E-state index in [1.54, 1.807) is 30.3 Å². The van der Waals surface area contributed by atoms with Gasteiger partial charge in [0, 0.05) is 23.3 Å². The number of aromatic nitrogens is 4. The quantitative estimate of drug-likeness (QED) is 0.685. The fourth-order valence-corrected chi connectivity index (χ4v) is 3.79. The van der Waals surface area contributed by atoms with Crippen LogP contribution in [0.1, 0.15) is 24.0 Å². The number of halogens is 1. The van der Waals surface area contributed by atoms with Crippen LogP contribution in [-0.4, -0.2) is 32.5 Å². The van der Waals surface area contributed by atoms with E-state index in [9.17, 15) is 9.59 Å². The minimum Gasteiger partial charge on any atom is -0.371 e. The highest BCUT2D eigenvalue weighted by Crippen LogP contribution is 2.31. The molecule has 1 saturated heterocycles. The average molecular weight is 418 g/mol. The molecule has 1 amide bonds. The van der Waals surface area contributed by atoms with Crippen molar-refractivity contribution in [3.05, 3.63) is 56.8 Å². The van der Waals surface area contributed by atoms with Crippen LogP contribution in [-0.2, 0) is 16.1 Å². The number of ether oxygens (including phenoxy) is 1. The normalized spacial score (nSPS) is 16.2. The molecule has 0 spiro atoms. The van der Waals surface area contributed by atoms with Crippen molar-refractivity contribution >= 4 is 34.0 Å². The van der Waals surface area contributed by atoms with Crippen molar-refractivity contribution in [3.8, 4) is 11.3 Å². The van der Waals surface area contributed by atoms with E-state index >= 15 is 0 Å². The van der Waals surface area contributed by atoms with Crippen LogP contribution in [0.2, 0.25) is 5.02 Å². The molecule has 0 aliphatic carbocycles. The van der Waals surface area contributed by atoms with Gasteiger partial charge in [-0.2, -0.15) is 5.10 Å². The Labute approximate surface area is 169 Å². The molecule has 1 aromatic carbocycles. The van der Waals surface area contributed by atoms with Crippen molar-refractivity contribution in [2.75, 3.05) is 11.9 Å². The SMILES string of the molecule is O=C(Cn1nc(-c2ccc(Cl)cc2)ccc1=O)Nc1nnc([C@H]2CCCO2)s1. The Morgan fingerprint density at radius 3 is 2.82 bits per heavy atom. The summed E-state index contributed by atoms with van der Waals surface area (Å²) < 4.78 is 6.68. The lowest BCUT2D eigenvalue weighted by Gasteiger charge is -2.07. The van der Waals surface area contributed by atoms with Gasteiger partial charge >= 0.3 is 0 Å². The molecule has 2 aromatic heterocycles. The van der Waals surface area contributed by atoms with Gasteiger partial charge in [-0.3, -0.25) is 14.9 Å². The van der Waals surface area contributed by atoms with Gasteiger partial charge in [0.1, 0.15) is 17.7 Å². The number of nitrogens with one attached hydrogen (secondary N) is 1. The number of carbonyl (C=O) groups is 1. The van der Waals surface area contributed by atoms with Crippen LogP contribution in [0.15, 0.2) is 41.2 Å². The Morgan fingerprint density at radius 2 is 2.07 bits per heavy atom. The number of hydrogen-bond acceptors (Lipinski definition) is 7. The highest BCUT2D eigenvalue weighted by Gasteiger charge is 2.22. The van der Waals surface area contributed by atoms with Crippen LogP contribution in [0.25, 0.3) is 11.3 Å². The Hall–Kier alpha value is -2.62. The summed E-state index contributed by atoms with van der Waals surface area (Å²) in [6.45, 7) is 0.486. The molecule has 0 unspecified atom stereocenters. The molecule has 0 bridgehead atoms. The fourth-order valence-electron chi connectivity index (χ4n) is 2.82. The van der Waals surface area contributed by atoms with Gasteiger partial charge in [-0.15, -0.1) is 10.2 Å². The second-order valence-electron chi connectivity index (χ2n) is 6.22. The molecule has 4 rings (SSSR count). The molecular formula is C18H16ClN5O3S. The van der Waals surface area contributed by atoms with Crippen LogP contribution < -0.4 is 10.9 Å². The van der Waals surface area contributed by atoms with Gasteiger partial charge in [-0.25, -0.2) is 4.68 Å². The highest BCUT2D eigenvalue weighted by molar-refractivity contribution is 7.15. The molecule has 144 valence electrons. The molecule has 1 N–H and O–H groups in total.